The molecule has 21 heavy (non-hydrogen) atoms. The topological polar surface area (TPSA) is 54.9 Å². The van der Waals surface area contributed by atoms with Gasteiger partial charge in [0.15, 0.2) is 11.8 Å². The number of hydrogen-bond acceptors (Lipinski definition) is 2. The van der Waals surface area contributed by atoms with Crippen LogP contribution in [0.15, 0.2) is 54.6 Å². The van der Waals surface area contributed by atoms with Gasteiger partial charge in [-0.2, -0.15) is 0 Å². The van der Waals surface area contributed by atoms with Crippen LogP contribution >= 0.6 is 0 Å². The van der Waals surface area contributed by atoms with E-state index in [2.05, 4.69) is 10.6 Å². The minimum atomic E-state index is 0.0229. The van der Waals surface area contributed by atoms with Gasteiger partial charge < -0.3 is 15.4 Å². The summed E-state index contributed by atoms with van der Waals surface area (Å²) in [6.45, 7) is 1.03. The van der Waals surface area contributed by atoms with E-state index in [0.717, 1.165) is 25.1 Å². The number of anilines is 1. The monoisotopic (exact) mass is 283 g/mol. The molecule has 1 aliphatic rings. The summed E-state index contributed by atoms with van der Waals surface area (Å²) in [6, 6.07) is 17.1. The van der Waals surface area contributed by atoms with Gasteiger partial charge in [0, 0.05) is 12.8 Å². The van der Waals surface area contributed by atoms with Gasteiger partial charge in [-0.1, -0.05) is 30.3 Å². The van der Waals surface area contributed by atoms with Crippen LogP contribution in [-0.2, 0) is 4.79 Å². The van der Waals surface area contributed by atoms with Gasteiger partial charge in [0.25, 0.3) is 5.91 Å². The summed E-state index contributed by atoms with van der Waals surface area (Å²) < 4.78 is 5.85. The van der Waals surface area contributed by atoms with E-state index in [-0.39, 0.29) is 11.9 Å². The standard InChI is InChI=1S/C17H18N2O2/c20-17(15-10-6-12-18-15)19-14-9-4-5-11-16(14)21-13-7-2-1-3-8-13/h1-5,7-9,11,15,18H,6,10,12H2,(H,19,20)/p+1/t15-/m1/s1. The van der Waals surface area contributed by atoms with Gasteiger partial charge in [-0.15, -0.1) is 0 Å². The maximum absolute atomic E-state index is 12.2. The fraction of sp³-hybridized carbons (Fsp3) is 0.235. The quantitative estimate of drug-likeness (QED) is 0.903. The van der Waals surface area contributed by atoms with Crippen LogP contribution in [-0.4, -0.2) is 18.5 Å². The number of carbonyl (C=O) groups excluding carboxylic acids is 1. The van der Waals surface area contributed by atoms with Crippen molar-refractivity contribution in [2.24, 2.45) is 0 Å². The predicted molar refractivity (Wildman–Crippen MR) is 81.4 cm³/mol. The third-order valence-corrected chi connectivity index (χ3v) is 3.62. The summed E-state index contributed by atoms with van der Waals surface area (Å²) in [5, 5.41) is 5.07. The zero-order valence-corrected chi connectivity index (χ0v) is 11.8. The Morgan fingerprint density at radius 1 is 1.10 bits per heavy atom. The Morgan fingerprint density at radius 3 is 2.62 bits per heavy atom. The highest BCUT2D eigenvalue weighted by Gasteiger charge is 2.26. The maximum atomic E-state index is 12.2. The van der Waals surface area contributed by atoms with Crippen LogP contribution in [0.2, 0.25) is 0 Å². The van der Waals surface area contributed by atoms with Crippen molar-refractivity contribution in [1.82, 2.24) is 0 Å². The first-order valence-electron chi connectivity index (χ1n) is 7.29. The van der Waals surface area contributed by atoms with E-state index in [1.807, 2.05) is 54.6 Å². The molecule has 1 amide bonds. The SMILES string of the molecule is O=C(Nc1ccccc1Oc1ccccc1)[C@H]1CCC[NH2+]1. The van der Waals surface area contributed by atoms with Gasteiger partial charge in [-0.05, 0) is 24.3 Å². The smallest absolute Gasteiger partial charge is 0.282 e. The number of amides is 1. The number of nitrogens with one attached hydrogen (secondary N) is 1. The lowest BCUT2D eigenvalue weighted by atomic mass is 10.2. The molecule has 0 spiro atoms. The number of nitrogens with two attached hydrogens (primary N) is 1. The highest BCUT2D eigenvalue weighted by molar-refractivity contribution is 5.95. The lowest BCUT2D eigenvalue weighted by Crippen LogP contribution is -2.88. The molecule has 0 aliphatic carbocycles. The van der Waals surface area contributed by atoms with Gasteiger partial charge >= 0.3 is 0 Å². The molecule has 0 bridgehead atoms. The molecule has 1 aliphatic heterocycles. The van der Waals surface area contributed by atoms with E-state index in [9.17, 15) is 4.79 Å². The highest BCUT2D eigenvalue weighted by Crippen LogP contribution is 2.29. The van der Waals surface area contributed by atoms with Gasteiger partial charge in [0.2, 0.25) is 0 Å². The molecule has 0 unspecified atom stereocenters. The Morgan fingerprint density at radius 2 is 1.86 bits per heavy atom. The normalized spacial score (nSPS) is 17.4. The van der Waals surface area contributed by atoms with E-state index in [4.69, 9.17) is 4.74 Å². The molecule has 1 atom stereocenters. The number of ether oxygens (including phenoxy) is 1. The molecule has 1 saturated heterocycles. The maximum Gasteiger partial charge on any atom is 0.282 e. The number of carbonyl (C=O) groups is 1. The van der Waals surface area contributed by atoms with Gasteiger partial charge in [0.05, 0.1) is 12.2 Å². The predicted octanol–water partition coefficient (Wildman–Crippen LogP) is 2.14. The fourth-order valence-electron chi connectivity index (χ4n) is 2.51. The summed E-state index contributed by atoms with van der Waals surface area (Å²) in [7, 11) is 0. The van der Waals surface area contributed by atoms with E-state index in [0.29, 0.717) is 11.4 Å². The Labute approximate surface area is 124 Å². The molecule has 3 N–H and O–H groups in total. The Balaban J connectivity index is 1.74. The number of quaternary nitrogens is 1. The van der Waals surface area contributed by atoms with Crippen LogP contribution in [0.1, 0.15) is 12.8 Å². The van der Waals surface area contributed by atoms with Crippen LogP contribution in [0.25, 0.3) is 0 Å². The second-order valence-corrected chi connectivity index (χ2v) is 5.17. The molecule has 0 aromatic heterocycles. The average Bonchev–Trinajstić information content (AvgIpc) is 3.05. The second kappa shape index (κ2) is 6.41. The van der Waals surface area contributed by atoms with Crippen molar-refractivity contribution in [2.45, 2.75) is 18.9 Å². The second-order valence-electron chi connectivity index (χ2n) is 5.17. The van der Waals surface area contributed by atoms with Crippen molar-refractivity contribution in [3.8, 4) is 11.5 Å². The highest BCUT2D eigenvalue weighted by atomic mass is 16.5. The molecule has 3 rings (SSSR count). The zero-order chi connectivity index (χ0) is 14.5. The molecule has 4 nitrogen and oxygen atoms in total. The van der Waals surface area contributed by atoms with Crippen molar-refractivity contribution in [2.75, 3.05) is 11.9 Å². The van der Waals surface area contributed by atoms with Crippen molar-refractivity contribution in [3.05, 3.63) is 54.6 Å². The summed E-state index contributed by atoms with van der Waals surface area (Å²) in [5.41, 5.74) is 0.714. The first-order chi connectivity index (χ1) is 10.3. The van der Waals surface area contributed by atoms with Crippen molar-refractivity contribution in [1.29, 1.82) is 0 Å². The summed E-state index contributed by atoms with van der Waals surface area (Å²) in [6.07, 6.45) is 2.04. The third kappa shape index (κ3) is 3.41. The van der Waals surface area contributed by atoms with Crippen LogP contribution in [0, 0.1) is 0 Å². The fourth-order valence-corrected chi connectivity index (χ4v) is 2.51. The minimum absolute atomic E-state index is 0.0229. The number of benzene rings is 2. The molecule has 1 fully saturated rings. The van der Waals surface area contributed by atoms with E-state index in [1.165, 1.54) is 0 Å². The molecule has 2 aromatic carbocycles. The molecule has 0 radical (unpaired) electrons. The minimum Gasteiger partial charge on any atom is -0.455 e. The molecular formula is C17H19N2O2+. The third-order valence-electron chi connectivity index (χ3n) is 3.62. The van der Waals surface area contributed by atoms with Gasteiger partial charge in [-0.3, -0.25) is 4.79 Å². The van der Waals surface area contributed by atoms with Gasteiger partial charge in [-0.25, -0.2) is 0 Å². The first kappa shape index (κ1) is 13.6. The Kier molecular flexibility index (Phi) is 4.17. The van der Waals surface area contributed by atoms with E-state index >= 15 is 0 Å². The van der Waals surface area contributed by atoms with Gasteiger partial charge in [0.1, 0.15) is 5.75 Å². The number of rotatable bonds is 4. The summed E-state index contributed by atoms with van der Waals surface area (Å²) in [5.74, 6) is 1.47. The molecule has 2 aromatic rings. The molecule has 0 saturated carbocycles. The Hall–Kier alpha value is -2.33. The zero-order valence-electron chi connectivity index (χ0n) is 11.8. The van der Waals surface area contributed by atoms with Crippen LogP contribution in [0.5, 0.6) is 11.5 Å². The van der Waals surface area contributed by atoms with Crippen LogP contribution in [0.3, 0.4) is 0 Å². The number of para-hydroxylation sites is 3. The largest absolute Gasteiger partial charge is 0.455 e. The molecule has 108 valence electrons. The van der Waals surface area contributed by atoms with Crippen molar-refractivity contribution >= 4 is 11.6 Å². The molecule has 1 heterocycles. The summed E-state index contributed by atoms with van der Waals surface area (Å²) >= 11 is 0. The molecular weight excluding hydrogens is 264 g/mol. The molecule has 4 heteroatoms. The van der Waals surface area contributed by atoms with E-state index < -0.39 is 0 Å². The number of hydrogen-bond donors (Lipinski definition) is 2. The lowest BCUT2D eigenvalue weighted by Gasteiger charge is -2.13. The van der Waals surface area contributed by atoms with E-state index in [1.54, 1.807) is 0 Å². The first-order valence-corrected chi connectivity index (χ1v) is 7.29. The Bertz CT molecular complexity index is 607. The van der Waals surface area contributed by atoms with Crippen molar-refractivity contribution in [3.63, 3.8) is 0 Å². The summed E-state index contributed by atoms with van der Waals surface area (Å²) in [4.78, 5) is 12.2. The average molecular weight is 283 g/mol. The lowest BCUT2D eigenvalue weighted by molar-refractivity contribution is -0.656. The van der Waals surface area contributed by atoms with Crippen LogP contribution < -0.4 is 15.4 Å². The van der Waals surface area contributed by atoms with Crippen molar-refractivity contribution < 1.29 is 14.8 Å². The van der Waals surface area contributed by atoms with Crippen LogP contribution in [0.4, 0.5) is 5.69 Å².